The average Bonchev–Trinajstić information content (AvgIpc) is 2.54. The van der Waals surface area contributed by atoms with E-state index in [4.69, 9.17) is 0 Å². The maximum absolute atomic E-state index is 12.3. The summed E-state index contributed by atoms with van der Waals surface area (Å²) in [6.07, 6.45) is 1.58. The average molecular weight is 280 g/mol. The molecule has 0 saturated heterocycles. The Balaban J connectivity index is 2.02. The predicted molar refractivity (Wildman–Crippen MR) is 77.7 cm³/mol. The summed E-state index contributed by atoms with van der Waals surface area (Å²) < 4.78 is 0. The van der Waals surface area contributed by atoms with Crippen molar-refractivity contribution in [1.82, 2.24) is 15.2 Å². The summed E-state index contributed by atoms with van der Waals surface area (Å²) in [6, 6.07) is 12.4. The molecule has 0 radical (unpaired) electrons. The van der Waals surface area contributed by atoms with Crippen LogP contribution in [0.1, 0.15) is 16.1 Å². The maximum Gasteiger partial charge on any atom is 0.277 e. The van der Waals surface area contributed by atoms with Crippen LogP contribution < -0.4 is 5.32 Å². The lowest BCUT2D eigenvalue weighted by Gasteiger charge is -2.09. The van der Waals surface area contributed by atoms with Crippen molar-refractivity contribution in [3.8, 4) is 0 Å². The summed E-state index contributed by atoms with van der Waals surface area (Å²) in [5, 5.41) is 20.8. The first-order chi connectivity index (χ1) is 10.3. The molecule has 0 atom stereocenters. The molecule has 104 valence electrons. The van der Waals surface area contributed by atoms with Crippen LogP contribution in [0.3, 0.4) is 0 Å². The molecular formula is C15H12N4O2. The fourth-order valence-corrected chi connectivity index (χ4v) is 2.06. The number of fused-ring (bicyclic) bond motifs is 1. The third kappa shape index (κ3) is 2.56. The number of hydrogen-bond donors (Lipinski definition) is 2. The lowest BCUT2D eigenvalue weighted by atomic mass is 10.1. The van der Waals surface area contributed by atoms with Gasteiger partial charge in [-0.05, 0) is 18.2 Å². The third-order valence-corrected chi connectivity index (χ3v) is 3.05. The second kappa shape index (κ2) is 5.64. The standard InChI is InChI=1S/C15H12N4O2/c20-9-11-10-5-1-2-6-12(10)18-19-14(11)15(21)17-13-7-3-4-8-16-13/h1-8,20H,9H2,(H,16,17,21). The Kier molecular flexibility index (Phi) is 3.53. The van der Waals surface area contributed by atoms with Gasteiger partial charge in [-0.2, -0.15) is 0 Å². The van der Waals surface area contributed by atoms with Gasteiger partial charge in [0.2, 0.25) is 0 Å². The Hall–Kier alpha value is -2.86. The molecule has 1 aromatic carbocycles. The van der Waals surface area contributed by atoms with E-state index in [2.05, 4.69) is 20.5 Å². The number of anilines is 1. The number of nitrogens with zero attached hydrogens (tertiary/aromatic N) is 3. The Morgan fingerprint density at radius 2 is 1.90 bits per heavy atom. The van der Waals surface area contributed by atoms with E-state index in [1.54, 1.807) is 36.5 Å². The zero-order valence-electron chi connectivity index (χ0n) is 11.0. The molecule has 0 fully saturated rings. The molecule has 0 spiro atoms. The Bertz CT molecular complexity index is 790. The number of pyridine rings is 1. The van der Waals surface area contributed by atoms with Gasteiger partial charge < -0.3 is 10.4 Å². The number of amides is 1. The molecule has 3 rings (SSSR count). The Morgan fingerprint density at radius 3 is 2.67 bits per heavy atom. The minimum Gasteiger partial charge on any atom is -0.392 e. The molecule has 0 unspecified atom stereocenters. The SMILES string of the molecule is O=C(Nc1ccccn1)c1nnc2ccccc2c1CO. The monoisotopic (exact) mass is 280 g/mol. The lowest BCUT2D eigenvalue weighted by molar-refractivity contribution is 0.101. The van der Waals surface area contributed by atoms with E-state index in [1.807, 2.05) is 12.1 Å². The molecule has 2 aromatic heterocycles. The highest BCUT2D eigenvalue weighted by Crippen LogP contribution is 2.19. The highest BCUT2D eigenvalue weighted by Gasteiger charge is 2.17. The van der Waals surface area contributed by atoms with E-state index < -0.39 is 5.91 Å². The predicted octanol–water partition coefficient (Wildman–Crippen LogP) is 1.77. The molecule has 2 N–H and O–H groups in total. The van der Waals surface area contributed by atoms with Crippen molar-refractivity contribution in [2.75, 3.05) is 5.32 Å². The quantitative estimate of drug-likeness (QED) is 0.763. The topological polar surface area (TPSA) is 88.0 Å². The van der Waals surface area contributed by atoms with Crippen LogP contribution in [0.5, 0.6) is 0 Å². The molecular weight excluding hydrogens is 268 g/mol. The van der Waals surface area contributed by atoms with E-state index in [-0.39, 0.29) is 12.3 Å². The van der Waals surface area contributed by atoms with Gasteiger partial charge in [-0.1, -0.05) is 24.3 Å². The summed E-state index contributed by atoms with van der Waals surface area (Å²) in [5.74, 6) is -0.0302. The first-order valence-corrected chi connectivity index (χ1v) is 6.37. The molecule has 0 aliphatic rings. The zero-order valence-corrected chi connectivity index (χ0v) is 11.0. The fourth-order valence-electron chi connectivity index (χ4n) is 2.06. The van der Waals surface area contributed by atoms with Gasteiger partial charge in [-0.3, -0.25) is 4.79 Å². The molecule has 6 nitrogen and oxygen atoms in total. The van der Waals surface area contributed by atoms with E-state index in [9.17, 15) is 9.90 Å². The van der Waals surface area contributed by atoms with Crippen molar-refractivity contribution in [3.63, 3.8) is 0 Å². The number of aromatic nitrogens is 3. The van der Waals surface area contributed by atoms with Gasteiger partial charge in [0.1, 0.15) is 5.82 Å². The van der Waals surface area contributed by atoms with Gasteiger partial charge in [0, 0.05) is 17.1 Å². The molecule has 1 amide bonds. The van der Waals surface area contributed by atoms with Crippen LogP contribution >= 0.6 is 0 Å². The normalized spacial score (nSPS) is 10.5. The van der Waals surface area contributed by atoms with E-state index in [0.29, 0.717) is 22.3 Å². The number of benzene rings is 1. The van der Waals surface area contributed by atoms with Crippen molar-refractivity contribution >= 4 is 22.6 Å². The minimum atomic E-state index is -0.448. The second-order valence-electron chi connectivity index (χ2n) is 4.37. The molecule has 0 saturated carbocycles. The summed E-state index contributed by atoms with van der Waals surface area (Å²) >= 11 is 0. The summed E-state index contributed by atoms with van der Waals surface area (Å²) in [7, 11) is 0. The number of hydrogen-bond acceptors (Lipinski definition) is 5. The van der Waals surface area contributed by atoms with Gasteiger partial charge in [-0.25, -0.2) is 4.98 Å². The fraction of sp³-hybridized carbons (Fsp3) is 0.0667. The van der Waals surface area contributed by atoms with Crippen molar-refractivity contribution < 1.29 is 9.90 Å². The van der Waals surface area contributed by atoms with Gasteiger partial charge in [0.15, 0.2) is 5.69 Å². The largest absolute Gasteiger partial charge is 0.392 e. The zero-order chi connectivity index (χ0) is 14.7. The number of nitrogens with one attached hydrogen (secondary N) is 1. The maximum atomic E-state index is 12.3. The van der Waals surface area contributed by atoms with Crippen LogP contribution in [0, 0.1) is 0 Å². The first kappa shape index (κ1) is 13.1. The number of carbonyl (C=O) groups is 1. The molecule has 2 heterocycles. The second-order valence-corrected chi connectivity index (χ2v) is 4.37. The van der Waals surface area contributed by atoms with Crippen LogP contribution in [-0.2, 0) is 6.61 Å². The van der Waals surface area contributed by atoms with Crippen LogP contribution in [0.15, 0.2) is 48.7 Å². The third-order valence-electron chi connectivity index (χ3n) is 3.05. The number of rotatable bonds is 3. The molecule has 3 aromatic rings. The molecule has 6 heteroatoms. The van der Waals surface area contributed by atoms with Crippen LogP contribution in [0.4, 0.5) is 5.82 Å². The van der Waals surface area contributed by atoms with Crippen molar-refractivity contribution in [2.24, 2.45) is 0 Å². The highest BCUT2D eigenvalue weighted by molar-refractivity contribution is 6.05. The molecule has 0 bridgehead atoms. The van der Waals surface area contributed by atoms with Gasteiger partial charge >= 0.3 is 0 Å². The number of carbonyl (C=O) groups excluding carboxylic acids is 1. The number of aliphatic hydroxyl groups is 1. The highest BCUT2D eigenvalue weighted by atomic mass is 16.3. The van der Waals surface area contributed by atoms with Crippen molar-refractivity contribution in [2.45, 2.75) is 6.61 Å². The van der Waals surface area contributed by atoms with E-state index >= 15 is 0 Å². The van der Waals surface area contributed by atoms with Gasteiger partial charge in [0.05, 0.1) is 12.1 Å². The summed E-state index contributed by atoms with van der Waals surface area (Å²) in [5.41, 5.74) is 1.19. The van der Waals surface area contributed by atoms with E-state index in [0.717, 1.165) is 0 Å². The first-order valence-electron chi connectivity index (χ1n) is 6.37. The van der Waals surface area contributed by atoms with Crippen LogP contribution in [-0.4, -0.2) is 26.2 Å². The summed E-state index contributed by atoms with van der Waals surface area (Å²) in [4.78, 5) is 16.3. The lowest BCUT2D eigenvalue weighted by Crippen LogP contribution is -2.18. The number of aliphatic hydroxyl groups excluding tert-OH is 1. The Morgan fingerprint density at radius 1 is 1.10 bits per heavy atom. The van der Waals surface area contributed by atoms with Crippen molar-refractivity contribution in [3.05, 3.63) is 59.9 Å². The van der Waals surface area contributed by atoms with Crippen LogP contribution in [0.2, 0.25) is 0 Å². The molecule has 0 aliphatic carbocycles. The summed E-state index contributed by atoms with van der Waals surface area (Å²) in [6.45, 7) is -0.291. The Labute approximate surface area is 120 Å². The molecule has 21 heavy (non-hydrogen) atoms. The van der Waals surface area contributed by atoms with Gasteiger partial charge in [-0.15, -0.1) is 10.2 Å². The van der Waals surface area contributed by atoms with Crippen LogP contribution in [0.25, 0.3) is 10.9 Å². The van der Waals surface area contributed by atoms with E-state index in [1.165, 1.54) is 0 Å². The smallest absolute Gasteiger partial charge is 0.277 e. The minimum absolute atomic E-state index is 0.0989. The molecule has 0 aliphatic heterocycles. The van der Waals surface area contributed by atoms with Gasteiger partial charge in [0.25, 0.3) is 5.91 Å². The van der Waals surface area contributed by atoms with Crippen molar-refractivity contribution in [1.29, 1.82) is 0 Å².